The topological polar surface area (TPSA) is 76.3 Å². The molecule has 1 aromatic heterocycles. The number of aryl methyl sites for hydroxylation is 1. The Balaban J connectivity index is 1.64. The van der Waals surface area contributed by atoms with Crippen molar-refractivity contribution in [2.24, 2.45) is 11.7 Å². The molecular weight excluding hydrogens is 346 g/mol. The number of hydrogen-bond acceptors (Lipinski definition) is 4. The number of pyridine rings is 1. The standard InChI is InChI=1S/C20H23N3O2S/c1-12-3-5-14(6-4-12)26(24,25)23-16-7-8-18(20(21)9-10-20)22-19(16)15-11-17(23)13(15)2/h3-8,13,15,17H,9-11,21H2,1-2H3. The summed E-state index contributed by atoms with van der Waals surface area (Å²) in [5.41, 5.74) is 9.61. The van der Waals surface area contributed by atoms with Gasteiger partial charge in [-0.05, 0) is 56.4 Å². The van der Waals surface area contributed by atoms with E-state index in [-0.39, 0.29) is 17.5 Å². The van der Waals surface area contributed by atoms with E-state index in [1.54, 1.807) is 16.4 Å². The predicted octanol–water partition coefficient (Wildman–Crippen LogP) is 3.04. The Bertz CT molecular complexity index is 996. The van der Waals surface area contributed by atoms with Crippen LogP contribution in [0.4, 0.5) is 5.69 Å². The first-order chi connectivity index (χ1) is 12.3. The largest absolute Gasteiger partial charge is 0.320 e. The van der Waals surface area contributed by atoms with Crippen LogP contribution in [0.2, 0.25) is 0 Å². The number of benzene rings is 1. The normalized spacial score (nSPS) is 28.3. The summed E-state index contributed by atoms with van der Waals surface area (Å²) in [5.74, 6) is 0.611. The van der Waals surface area contributed by atoms with Crippen molar-refractivity contribution in [1.82, 2.24) is 4.98 Å². The van der Waals surface area contributed by atoms with Crippen molar-refractivity contribution in [2.75, 3.05) is 4.31 Å². The summed E-state index contributed by atoms with van der Waals surface area (Å²) >= 11 is 0. The van der Waals surface area contributed by atoms with Crippen LogP contribution in [0.25, 0.3) is 0 Å². The van der Waals surface area contributed by atoms with Gasteiger partial charge in [-0.1, -0.05) is 24.6 Å². The van der Waals surface area contributed by atoms with Gasteiger partial charge in [-0.25, -0.2) is 8.42 Å². The van der Waals surface area contributed by atoms with E-state index in [0.717, 1.165) is 41.9 Å². The second-order valence-electron chi connectivity index (χ2n) is 8.14. The summed E-state index contributed by atoms with van der Waals surface area (Å²) < 4.78 is 28.4. The molecule has 0 radical (unpaired) electrons. The highest BCUT2D eigenvalue weighted by Crippen LogP contribution is 2.56. The number of sulfonamides is 1. The number of nitrogens with two attached hydrogens (primary N) is 1. The fourth-order valence-corrected chi connectivity index (χ4v) is 6.09. The lowest BCUT2D eigenvalue weighted by Gasteiger charge is -2.54. The molecule has 136 valence electrons. The molecule has 0 spiro atoms. The van der Waals surface area contributed by atoms with Crippen LogP contribution in [0.15, 0.2) is 41.3 Å². The maximum absolute atomic E-state index is 13.4. The lowest BCUT2D eigenvalue weighted by Crippen LogP contribution is -2.57. The van der Waals surface area contributed by atoms with Gasteiger partial charge in [0.1, 0.15) is 0 Å². The smallest absolute Gasteiger partial charge is 0.264 e. The molecule has 0 amide bonds. The van der Waals surface area contributed by atoms with Gasteiger partial charge in [-0.2, -0.15) is 0 Å². The summed E-state index contributed by atoms with van der Waals surface area (Å²) in [7, 11) is -3.61. The fraction of sp³-hybridized carbons (Fsp3) is 0.450. The van der Waals surface area contributed by atoms with Crippen LogP contribution < -0.4 is 10.0 Å². The molecule has 2 saturated carbocycles. The highest BCUT2D eigenvalue weighted by molar-refractivity contribution is 7.92. The lowest BCUT2D eigenvalue weighted by molar-refractivity contribution is 0.208. The van der Waals surface area contributed by atoms with E-state index in [4.69, 9.17) is 10.7 Å². The fourth-order valence-electron chi connectivity index (χ4n) is 4.34. The van der Waals surface area contributed by atoms with E-state index in [9.17, 15) is 8.42 Å². The van der Waals surface area contributed by atoms with E-state index < -0.39 is 10.0 Å². The summed E-state index contributed by atoms with van der Waals surface area (Å²) in [6, 6.07) is 10.9. The minimum atomic E-state index is -3.61. The Hall–Kier alpha value is -1.92. The molecule has 2 N–H and O–H groups in total. The molecular formula is C20H23N3O2S. The summed E-state index contributed by atoms with van der Waals surface area (Å²) in [6.45, 7) is 4.08. The minimum absolute atomic E-state index is 0.0132. The summed E-state index contributed by atoms with van der Waals surface area (Å²) in [5, 5.41) is 0. The monoisotopic (exact) mass is 369 g/mol. The maximum atomic E-state index is 13.4. The second kappa shape index (κ2) is 5.08. The zero-order valence-electron chi connectivity index (χ0n) is 15.0. The van der Waals surface area contributed by atoms with Crippen LogP contribution in [0, 0.1) is 12.8 Å². The zero-order chi connectivity index (χ0) is 18.3. The van der Waals surface area contributed by atoms with E-state index in [1.807, 2.05) is 31.2 Å². The van der Waals surface area contributed by atoms with Crippen molar-refractivity contribution >= 4 is 15.7 Å². The molecule has 2 fully saturated rings. The molecule has 3 atom stereocenters. The quantitative estimate of drug-likeness (QED) is 0.902. The van der Waals surface area contributed by atoms with Crippen molar-refractivity contribution in [2.45, 2.75) is 55.5 Å². The van der Waals surface area contributed by atoms with Crippen LogP contribution in [0.1, 0.15) is 49.1 Å². The average molecular weight is 369 g/mol. The second-order valence-corrected chi connectivity index (χ2v) is 9.95. The van der Waals surface area contributed by atoms with E-state index in [1.165, 1.54) is 0 Å². The van der Waals surface area contributed by atoms with Gasteiger partial charge < -0.3 is 5.73 Å². The molecule has 4 aliphatic rings. The number of aromatic nitrogens is 1. The molecule has 2 bridgehead atoms. The molecule has 2 aromatic rings. The van der Waals surface area contributed by atoms with Crippen molar-refractivity contribution in [1.29, 1.82) is 0 Å². The van der Waals surface area contributed by atoms with Crippen LogP contribution in [-0.2, 0) is 15.6 Å². The highest BCUT2D eigenvalue weighted by atomic mass is 32.2. The molecule has 2 aliphatic heterocycles. The predicted molar refractivity (Wildman–Crippen MR) is 100 cm³/mol. The van der Waals surface area contributed by atoms with Gasteiger partial charge in [0.05, 0.1) is 27.5 Å². The van der Waals surface area contributed by atoms with Gasteiger partial charge in [0.2, 0.25) is 0 Å². The first-order valence-corrected chi connectivity index (χ1v) is 10.7. The van der Waals surface area contributed by atoms with Crippen molar-refractivity contribution in [3.05, 3.63) is 53.3 Å². The Morgan fingerprint density at radius 3 is 2.46 bits per heavy atom. The molecule has 6 rings (SSSR count). The van der Waals surface area contributed by atoms with E-state index in [0.29, 0.717) is 10.8 Å². The van der Waals surface area contributed by atoms with Crippen LogP contribution >= 0.6 is 0 Å². The highest BCUT2D eigenvalue weighted by Gasteiger charge is 2.54. The summed E-state index contributed by atoms with van der Waals surface area (Å²) in [4.78, 5) is 5.20. The van der Waals surface area contributed by atoms with Crippen LogP contribution in [-0.4, -0.2) is 19.4 Å². The molecule has 3 unspecified atom stereocenters. The van der Waals surface area contributed by atoms with E-state index in [2.05, 4.69) is 6.92 Å². The third-order valence-electron chi connectivity index (χ3n) is 6.41. The number of rotatable bonds is 3. The van der Waals surface area contributed by atoms with Gasteiger partial charge in [-0.3, -0.25) is 9.29 Å². The average Bonchev–Trinajstić information content (AvgIpc) is 3.38. The minimum Gasteiger partial charge on any atom is -0.320 e. The molecule has 5 nitrogen and oxygen atoms in total. The van der Waals surface area contributed by atoms with Crippen molar-refractivity contribution in [3.8, 4) is 0 Å². The molecule has 1 aromatic carbocycles. The first-order valence-electron chi connectivity index (χ1n) is 9.23. The number of anilines is 1. The molecule has 2 aliphatic carbocycles. The Labute approximate surface area is 154 Å². The number of nitrogens with zero attached hydrogens (tertiary/aromatic N) is 2. The van der Waals surface area contributed by atoms with Gasteiger partial charge in [0, 0.05) is 12.0 Å². The Kier molecular flexibility index (Phi) is 3.18. The maximum Gasteiger partial charge on any atom is 0.264 e. The third kappa shape index (κ3) is 2.12. The van der Waals surface area contributed by atoms with E-state index >= 15 is 0 Å². The van der Waals surface area contributed by atoms with Crippen LogP contribution in [0.5, 0.6) is 0 Å². The molecule has 26 heavy (non-hydrogen) atoms. The molecule has 6 heteroatoms. The third-order valence-corrected chi connectivity index (χ3v) is 8.26. The van der Waals surface area contributed by atoms with Gasteiger partial charge in [0.25, 0.3) is 10.0 Å². The Morgan fingerprint density at radius 1 is 1.15 bits per heavy atom. The first kappa shape index (κ1) is 16.3. The van der Waals surface area contributed by atoms with Crippen LogP contribution in [0.3, 0.4) is 0 Å². The molecule has 0 saturated heterocycles. The summed E-state index contributed by atoms with van der Waals surface area (Å²) in [6.07, 6.45) is 2.74. The zero-order valence-corrected chi connectivity index (χ0v) is 15.8. The van der Waals surface area contributed by atoms with Gasteiger partial charge >= 0.3 is 0 Å². The lowest BCUT2D eigenvalue weighted by atomic mass is 9.65. The van der Waals surface area contributed by atoms with Gasteiger partial charge in [0.15, 0.2) is 0 Å². The Morgan fingerprint density at radius 2 is 1.85 bits per heavy atom. The van der Waals surface area contributed by atoms with Crippen molar-refractivity contribution in [3.63, 3.8) is 0 Å². The SMILES string of the molecule is Cc1ccc(S(=O)(=O)N2c3ccc(C4(N)CC4)nc3C3CC2C3C)cc1. The molecule has 3 heterocycles. The number of hydrogen-bond donors (Lipinski definition) is 1. The van der Waals surface area contributed by atoms with Crippen molar-refractivity contribution < 1.29 is 8.42 Å². The van der Waals surface area contributed by atoms with Gasteiger partial charge in [-0.15, -0.1) is 0 Å².